The van der Waals surface area contributed by atoms with Gasteiger partial charge >= 0.3 is 0 Å². The standard InChI is InChI=1S/C14H10ClNO3/c15-13-4-2-1-3-12(13)14(17)9-10-5-7-11(8-6-10)16(18)19/h1-8H,9H2. The van der Waals surface area contributed by atoms with E-state index in [0.717, 1.165) is 5.56 Å². The molecule has 0 heterocycles. The molecule has 0 saturated carbocycles. The van der Waals surface area contributed by atoms with Gasteiger partial charge in [-0.1, -0.05) is 35.9 Å². The number of ketones is 1. The second-order valence-electron chi connectivity index (χ2n) is 4.00. The molecule has 0 unspecified atom stereocenters. The van der Waals surface area contributed by atoms with Crippen molar-refractivity contribution in [3.63, 3.8) is 0 Å². The minimum Gasteiger partial charge on any atom is -0.294 e. The van der Waals surface area contributed by atoms with Crippen molar-refractivity contribution in [2.75, 3.05) is 0 Å². The first-order valence-corrected chi connectivity index (χ1v) is 5.97. The Morgan fingerprint density at radius 1 is 1.11 bits per heavy atom. The maximum Gasteiger partial charge on any atom is 0.269 e. The highest BCUT2D eigenvalue weighted by Gasteiger charge is 2.11. The molecule has 0 atom stereocenters. The quantitative estimate of drug-likeness (QED) is 0.486. The predicted molar refractivity (Wildman–Crippen MR) is 72.6 cm³/mol. The van der Waals surface area contributed by atoms with Crippen LogP contribution in [0.4, 0.5) is 5.69 Å². The van der Waals surface area contributed by atoms with Gasteiger partial charge < -0.3 is 0 Å². The normalized spacial score (nSPS) is 10.2. The summed E-state index contributed by atoms with van der Waals surface area (Å²) in [7, 11) is 0. The molecule has 0 aliphatic carbocycles. The van der Waals surface area contributed by atoms with Gasteiger partial charge in [0.15, 0.2) is 5.78 Å². The van der Waals surface area contributed by atoms with Gasteiger partial charge in [-0.15, -0.1) is 0 Å². The van der Waals surface area contributed by atoms with Crippen LogP contribution < -0.4 is 0 Å². The first-order chi connectivity index (χ1) is 9.08. The number of carbonyl (C=O) groups is 1. The Hall–Kier alpha value is -2.20. The van der Waals surface area contributed by atoms with E-state index in [4.69, 9.17) is 11.6 Å². The lowest BCUT2D eigenvalue weighted by molar-refractivity contribution is -0.384. The fourth-order valence-electron chi connectivity index (χ4n) is 1.70. The molecule has 4 nitrogen and oxygen atoms in total. The third-order valence-electron chi connectivity index (χ3n) is 2.69. The zero-order chi connectivity index (χ0) is 13.8. The second kappa shape index (κ2) is 5.63. The van der Waals surface area contributed by atoms with E-state index in [0.29, 0.717) is 10.6 Å². The maximum atomic E-state index is 12.0. The van der Waals surface area contributed by atoms with Crippen LogP contribution in [-0.2, 0) is 6.42 Å². The number of hydrogen-bond acceptors (Lipinski definition) is 3. The molecule has 2 aromatic carbocycles. The zero-order valence-corrected chi connectivity index (χ0v) is 10.6. The zero-order valence-electron chi connectivity index (χ0n) is 9.88. The van der Waals surface area contributed by atoms with Crippen molar-refractivity contribution >= 4 is 23.1 Å². The largest absolute Gasteiger partial charge is 0.294 e. The minimum atomic E-state index is -0.473. The highest BCUT2D eigenvalue weighted by Crippen LogP contribution is 2.18. The van der Waals surface area contributed by atoms with E-state index >= 15 is 0 Å². The molecule has 0 amide bonds. The molecular formula is C14H10ClNO3. The Bertz CT molecular complexity index is 623. The number of nitrogens with zero attached hydrogens (tertiary/aromatic N) is 1. The smallest absolute Gasteiger partial charge is 0.269 e. The van der Waals surface area contributed by atoms with Gasteiger partial charge in [0.25, 0.3) is 5.69 Å². The van der Waals surface area contributed by atoms with Crippen molar-refractivity contribution in [1.82, 2.24) is 0 Å². The van der Waals surface area contributed by atoms with Gasteiger partial charge in [-0.05, 0) is 17.7 Å². The minimum absolute atomic E-state index is 0.00828. The van der Waals surface area contributed by atoms with Crippen LogP contribution in [0.2, 0.25) is 5.02 Å². The summed E-state index contributed by atoms with van der Waals surface area (Å²) >= 11 is 5.94. The van der Waals surface area contributed by atoms with E-state index in [-0.39, 0.29) is 17.9 Å². The van der Waals surface area contributed by atoms with Crippen molar-refractivity contribution < 1.29 is 9.72 Å². The van der Waals surface area contributed by atoms with Gasteiger partial charge in [-0.2, -0.15) is 0 Å². The average molecular weight is 276 g/mol. The second-order valence-corrected chi connectivity index (χ2v) is 4.41. The fourth-order valence-corrected chi connectivity index (χ4v) is 1.94. The Kier molecular flexibility index (Phi) is 3.92. The van der Waals surface area contributed by atoms with E-state index in [1.165, 1.54) is 12.1 Å². The first kappa shape index (κ1) is 13.2. The molecule has 0 saturated heterocycles. The highest BCUT2D eigenvalue weighted by atomic mass is 35.5. The molecule has 96 valence electrons. The molecule has 5 heteroatoms. The van der Waals surface area contributed by atoms with Gasteiger partial charge in [-0.25, -0.2) is 0 Å². The van der Waals surface area contributed by atoms with Crippen LogP contribution in [-0.4, -0.2) is 10.7 Å². The van der Waals surface area contributed by atoms with Crippen LogP contribution >= 0.6 is 11.6 Å². The van der Waals surface area contributed by atoms with Crippen LogP contribution in [0.25, 0.3) is 0 Å². The van der Waals surface area contributed by atoms with Crippen LogP contribution in [0.1, 0.15) is 15.9 Å². The number of non-ortho nitro benzene ring substituents is 1. The fraction of sp³-hybridized carbons (Fsp3) is 0.0714. The summed E-state index contributed by atoms with van der Waals surface area (Å²) in [6, 6.07) is 12.7. The lowest BCUT2D eigenvalue weighted by Crippen LogP contribution is -2.04. The summed E-state index contributed by atoms with van der Waals surface area (Å²) in [4.78, 5) is 22.1. The Balaban J connectivity index is 2.15. The number of halogens is 1. The molecule has 2 aromatic rings. The van der Waals surface area contributed by atoms with Crippen molar-refractivity contribution in [2.24, 2.45) is 0 Å². The van der Waals surface area contributed by atoms with E-state index in [9.17, 15) is 14.9 Å². The summed E-state index contributed by atoms with van der Waals surface area (Å²) in [6.07, 6.45) is 0.168. The SMILES string of the molecule is O=C(Cc1ccc([N+](=O)[O-])cc1)c1ccccc1Cl. The van der Waals surface area contributed by atoms with Crippen molar-refractivity contribution in [1.29, 1.82) is 0 Å². The molecule has 0 bridgehead atoms. The van der Waals surface area contributed by atoms with Crippen molar-refractivity contribution in [2.45, 2.75) is 6.42 Å². The Labute approximate surface area is 114 Å². The third kappa shape index (κ3) is 3.17. The molecule has 0 aliphatic rings. The van der Waals surface area contributed by atoms with Gasteiger partial charge in [0.1, 0.15) is 0 Å². The van der Waals surface area contributed by atoms with E-state index < -0.39 is 4.92 Å². The van der Waals surface area contributed by atoms with Crippen LogP contribution in [0, 0.1) is 10.1 Å². The number of carbonyl (C=O) groups excluding carboxylic acids is 1. The summed E-state index contributed by atoms with van der Waals surface area (Å²) in [6.45, 7) is 0. The summed E-state index contributed by atoms with van der Waals surface area (Å²) in [5.41, 5.74) is 1.19. The lowest BCUT2D eigenvalue weighted by Gasteiger charge is -2.03. The van der Waals surface area contributed by atoms with E-state index in [1.807, 2.05) is 0 Å². The number of nitro benzene ring substituents is 1. The molecule has 0 N–H and O–H groups in total. The van der Waals surface area contributed by atoms with Crippen LogP contribution in [0.15, 0.2) is 48.5 Å². The van der Waals surface area contributed by atoms with Gasteiger partial charge in [0, 0.05) is 24.1 Å². The van der Waals surface area contributed by atoms with Gasteiger partial charge in [-0.3, -0.25) is 14.9 Å². The monoisotopic (exact) mass is 275 g/mol. The number of Topliss-reactive ketones (excluding diaryl/α,β-unsaturated/α-hetero) is 1. The molecule has 0 aromatic heterocycles. The van der Waals surface area contributed by atoms with Gasteiger partial charge in [0.05, 0.1) is 9.95 Å². The maximum absolute atomic E-state index is 12.0. The number of rotatable bonds is 4. The third-order valence-corrected chi connectivity index (χ3v) is 3.02. The number of nitro groups is 1. The Morgan fingerprint density at radius 3 is 2.32 bits per heavy atom. The lowest BCUT2D eigenvalue weighted by atomic mass is 10.0. The van der Waals surface area contributed by atoms with Gasteiger partial charge in [0.2, 0.25) is 0 Å². The molecule has 2 rings (SSSR count). The van der Waals surface area contributed by atoms with Crippen LogP contribution in [0.3, 0.4) is 0 Å². The van der Waals surface area contributed by atoms with Crippen LogP contribution in [0.5, 0.6) is 0 Å². The first-order valence-electron chi connectivity index (χ1n) is 5.59. The number of benzene rings is 2. The Morgan fingerprint density at radius 2 is 1.74 bits per heavy atom. The topological polar surface area (TPSA) is 60.2 Å². The molecule has 0 aliphatic heterocycles. The van der Waals surface area contributed by atoms with Crippen molar-refractivity contribution in [3.8, 4) is 0 Å². The van der Waals surface area contributed by atoms with Crippen molar-refractivity contribution in [3.05, 3.63) is 74.8 Å². The highest BCUT2D eigenvalue weighted by molar-refractivity contribution is 6.34. The van der Waals surface area contributed by atoms with E-state index in [2.05, 4.69) is 0 Å². The molecule has 0 spiro atoms. The summed E-state index contributed by atoms with van der Waals surface area (Å²) < 4.78 is 0. The van der Waals surface area contributed by atoms with E-state index in [1.54, 1.807) is 36.4 Å². The predicted octanol–water partition coefficient (Wildman–Crippen LogP) is 3.67. The summed E-state index contributed by atoms with van der Waals surface area (Å²) in [5, 5.41) is 10.9. The molecule has 19 heavy (non-hydrogen) atoms. The summed E-state index contributed by atoms with van der Waals surface area (Å²) in [5.74, 6) is -0.112. The molecule has 0 radical (unpaired) electrons. The molecule has 0 fully saturated rings. The molecular weight excluding hydrogens is 266 g/mol. The number of hydrogen-bond donors (Lipinski definition) is 0. The average Bonchev–Trinajstić information content (AvgIpc) is 2.39.